The van der Waals surface area contributed by atoms with Crippen molar-refractivity contribution in [2.24, 2.45) is 0 Å². The third kappa shape index (κ3) is 9.45. The summed E-state index contributed by atoms with van der Waals surface area (Å²) in [6.45, 7) is 8.32. The molecule has 2 saturated heterocycles. The molecule has 0 aliphatic carbocycles. The smallest absolute Gasteiger partial charge is 0.305 e. The third-order valence-corrected chi connectivity index (χ3v) is 8.47. The van der Waals surface area contributed by atoms with Crippen LogP contribution in [0.1, 0.15) is 51.1 Å². The van der Waals surface area contributed by atoms with Gasteiger partial charge in [-0.25, -0.2) is 0 Å². The van der Waals surface area contributed by atoms with Crippen LogP contribution in [0.25, 0.3) is 0 Å². The zero-order valence-electron chi connectivity index (χ0n) is 26.9. The Morgan fingerprint density at radius 3 is 2.12 bits per heavy atom. The van der Waals surface area contributed by atoms with Crippen LogP contribution in [0.4, 0.5) is 0 Å². The van der Waals surface area contributed by atoms with Gasteiger partial charge in [-0.3, -0.25) is 44.0 Å². The third-order valence-electron chi connectivity index (χ3n) is 8.47. The highest BCUT2D eigenvalue weighted by molar-refractivity contribution is 6.24. The number of imide groups is 2. The summed E-state index contributed by atoms with van der Waals surface area (Å²) in [6, 6.07) is 11.9. The van der Waals surface area contributed by atoms with Gasteiger partial charge in [-0.1, -0.05) is 30.3 Å². The monoisotopic (exact) mass is 666 g/mol. The number of piperidine rings is 1. The summed E-state index contributed by atoms with van der Waals surface area (Å²) in [5.41, 5.74) is 2.42. The number of carbonyl (C=O) groups excluding carboxylic acids is 4. The fourth-order valence-electron chi connectivity index (χ4n) is 5.83. The lowest BCUT2D eigenvalue weighted by Gasteiger charge is -2.34. The number of carboxylic acids is 1. The number of nitrogens with zero attached hydrogens (tertiary/aromatic N) is 3. The summed E-state index contributed by atoms with van der Waals surface area (Å²) in [4.78, 5) is 66.5. The van der Waals surface area contributed by atoms with Gasteiger partial charge in [0.05, 0.1) is 57.2 Å². The first-order chi connectivity index (χ1) is 23.3. The van der Waals surface area contributed by atoms with Crippen molar-refractivity contribution in [1.29, 1.82) is 0 Å². The summed E-state index contributed by atoms with van der Waals surface area (Å²) < 4.78 is 22.3. The van der Waals surface area contributed by atoms with Gasteiger partial charge in [-0.05, 0) is 29.7 Å². The number of rotatable bonds is 18. The van der Waals surface area contributed by atoms with E-state index in [1.54, 1.807) is 18.2 Å². The van der Waals surface area contributed by atoms with Crippen LogP contribution < -0.4 is 10.1 Å². The van der Waals surface area contributed by atoms with Crippen LogP contribution in [0.3, 0.4) is 0 Å². The van der Waals surface area contributed by atoms with Gasteiger partial charge in [0.1, 0.15) is 18.4 Å². The van der Waals surface area contributed by atoms with Gasteiger partial charge >= 0.3 is 5.97 Å². The molecule has 5 rings (SSSR count). The zero-order chi connectivity index (χ0) is 33.9. The minimum Gasteiger partial charge on any atom is -0.488 e. The first-order valence-corrected chi connectivity index (χ1v) is 16.2. The number of piperazine rings is 1. The quantitative estimate of drug-likeness (QED) is 0.174. The SMILES string of the molecule is O=C(O)CCOCCOCCOCCN1CCN(Cc2ccc(COc3cccc4c3C(=O)N(C3CCC(=O)NC3=O)C4=O)cc2)CC1. The minimum atomic E-state index is -1.03. The molecule has 2 aromatic carbocycles. The van der Waals surface area contributed by atoms with Gasteiger partial charge in [0.2, 0.25) is 11.8 Å². The normalized spacial score (nSPS) is 18.7. The van der Waals surface area contributed by atoms with Crippen molar-refractivity contribution < 1.29 is 48.0 Å². The number of ether oxygens (including phenoxy) is 4. The first kappa shape index (κ1) is 35.1. The van der Waals surface area contributed by atoms with E-state index >= 15 is 0 Å². The lowest BCUT2D eigenvalue weighted by molar-refractivity contribution is -0.138. The van der Waals surface area contributed by atoms with Crippen LogP contribution in [-0.4, -0.2) is 128 Å². The Kier molecular flexibility index (Phi) is 12.6. The molecule has 48 heavy (non-hydrogen) atoms. The molecule has 0 radical (unpaired) electrons. The summed E-state index contributed by atoms with van der Waals surface area (Å²) in [7, 11) is 0. The maximum Gasteiger partial charge on any atom is 0.305 e. The van der Waals surface area contributed by atoms with Crippen molar-refractivity contribution >= 4 is 29.6 Å². The Hall–Kier alpha value is -4.21. The Labute approximate surface area is 278 Å². The molecule has 2 fully saturated rings. The lowest BCUT2D eigenvalue weighted by Crippen LogP contribution is -2.54. The number of amides is 4. The molecule has 2 N–H and O–H groups in total. The molecule has 3 aliphatic heterocycles. The summed E-state index contributed by atoms with van der Waals surface area (Å²) in [6.07, 6.45) is 0.152. The second-order valence-corrected chi connectivity index (χ2v) is 11.8. The average molecular weight is 667 g/mol. The predicted molar refractivity (Wildman–Crippen MR) is 170 cm³/mol. The van der Waals surface area contributed by atoms with E-state index < -0.39 is 35.6 Å². The van der Waals surface area contributed by atoms with Gasteiger partial charge in [-0.2, -0.15) is 0 Å². The molecule has 0 spiro atoms. The maximum absolute atomic E-state index is 13.3. The van der Waals surface area contributed by atoms with E-state index in [1.807, 2.05) is 12.1 Å². The van der Waals surface area contributed by atoms with Crippen molar-refractivity contribution in [3.63, 3.8) is 0 Å². The molecule has 4 amide bonds. The van der Waals surface area contributed by atoms with Gasteiger partial charge in [0, 0.05) is 45.7 Å². The topological polar surface area (TPSA) is 164 Å². The summed E-state index contributed by atoms with van der Waals surface area (Å²) >= 11 is 0. The number of hydrogen-bond donors (Lipinski definition) is 2. The molecule has 0 bridgehead atoms. The number of fused-ring (bicyclic) bond motifs is 1. The van der Waals surface area contributed by atoms with E-state index in [9.17, 15) is 24.0 Å². The van der Waals surface area contributed by atoms with Crippen LogP contribution in [0.2, 0.25) is 0 Å². The highest BCUT2D eigenvalue weighted by atomic mass is 16.5. The number of carboxylic acid groups (broad SMARTS) is 1. The van der Waals surface area contributed by atoms with Gasteiger partial charge < -0.3 is 24.1 Å². The molecule has 0 saturated carbocycles. The van der Waals surface area contributed by atoms with E-state index in [2.05, 4.69) is 27.2 Å². The molecule has 3 aliphatic rings. The number of benzene rings is 2. The van der Waals surface area contributed by atoms with Crippen molar-refractivity contribution in [3.8, 4) is 5.75 Å². The van der Waals surface area contributed by atoms with Crippen LogP contribution in [0, 0.1) is 0 Å². The Bertz CT molecular complexity index is 1460. The molecular formula is C34H42N4O10. The van der Waals surface area contributed by atoms with Crippen LogP contribution in [0.5, 0.6) is 5.75 Å². The largest absolute Gasteiger partial charge is 0.488 e. The molecule has 14 nitrogen and oxygen atoms in total. The van der Waals surface area contributed by atoms with E-state index in [1.165, 1.54) is 5.56 Å². The molecule has 1 unspecified atom stereocenters. The van der Waals surface area contributed by atoms with Crippen molar-refractivity contribution in [3.05, 3.63) is 64.7 Å². The van der Waals surface area contributed by atoms with Crippen molar-refractivity contribution in [2.45, 2.75) is 38.5 Å². The van der Waals surface area contributed by atoms with E-state index in [-0.39, 0.29) is 49.4 Å². The summed E-state index contributed by atoms with van der Waals surface area (Å²) in [5.74, 6) is -2.82. The van der Waals surface area contributed by atoms with Crippen LogP contribution in [0.15, 0.2) is 42.5 Å². The molecular weight excluding hydrogens is 624 g/mol. The highest BCUT2D eigenvalue weighted by Crippen LogP contribution is 2.34. The van der Waals surface area contributed by atoms with Crippen molar-refractivity contribution in [2.75, 3.05) is 72.4 Å². The van der Waals surface area contributed by atoms with E-state index in [0.717, 1.165) is 49.7 Å². The molecule has 3 heterocycles. The molecule has 14 heteroatoms. The summed E-state index contributed by atoms with van der Waals surface area (Å²) in [5, 5.41) is 10.8. The van der Waals surface area contributed by atoms with Gasteiger partial charge in [-0.15, -0.1) is 0 Å². The van der Waals surface area contributed by atoms with E-state index in [4.69, 9.17) is 24.1 Å². The average Bonchev–Trinajstić information content (AvgIpc) is 3.33. The van der Waals surface area contributed by atoms with E-state index in [0.29, 0.717) is 33.0 Å². The predicted octanol–water partition coefficient (Wildman–Crippen LogP) is 1.31. The highest BCUT2D eigenvalue weighted by Gasteiger charge is 2.46. The van der Waals surface area contributed by atoms with Crippen LogP contribution >= 0.6 is 0 Å². The minimum absolute atomic E-state index is 0.00576. The fraction of sp³-hybridized carbons (Fsp3) is 0.500. The zero-order valence-corrected chi connectivity index (χ0v) is 26.9. The second-order valence-electron chi connectivity index (χ2n) is 11.8. The first-order valence-electron chi connectivity index (χ1n) is 16.2. The lowest BCUT2D eigenvalue weighted by atomic mass is 10.0. The number of carbonyl (C=O) groups is 5. The Morgan fingerprint density at radius 2 is 1.44 bits per heavy atom. The second kappa shape index (κ2) is 17.3. The van der Waals surface area contributed by atoms with Crippen LogP contribution in [-0.2, 0) is 41.7 Å². The maximum atomic E-state index is 13.3. The fourth-order valence-corrected chi connectivity index (χ4v) is 5.83. The molecule has 2 aromatic rings. The number of aliphatic carboxylic acids is 1. The van der Waals surface area contributed by atoms with Gasteiger partial charge in [0.15, 0.2) is 0 Å². The molecule has 0 aromatic heterocycles. The number of hydrogen-bond acceptors (Lipinski definition) is 11. The Balaban J connectivity index is 0.986. The Morgan fingerprint density at radius 1 is 0.792 bits per heavy atom. The molecule has 1 atom stereocenters. The van der Waals surface area contributed by atoms with Gasteiger partial charge in [0.25, 0.3) is 11.8 Å². The molecule has 258 valence electrons. The van der Waals surface area contributed by atoms with Crippen molar-refractivity contribution in [1.82, 2.24) is 20.0 Å². The number of nitrogens with one attached hydrogen (secondary N) is 1. The standard InChI is InChI=1S/C34H42N4O10/c39-29-9-8-27(32(42)35-29)38-33(43)26-2-1-3-28(31(26)34(38)44)48-23-25-6-4-24(5-7-25)22-37-13-11-36(12-14-37)15-17-46-19-21-47-20-18-45-16-10-30(40)41/h1-7,27H,8-23H2,(H,40,41)(H,35,39,42).